The van der Waals surface area contributed by atoms with Crippen molar-refractivity contribution < 1.29 is 4.79 Å². The van der Waals surface area contributed by atoms with E-state index in [1.165, 1.54) is 5.56 Å². The van der Waals surface area contributed by atoms with Gasteiger partial charge in [0.25, 0.3) is 5.91 Å². The summed E-state index contributed by atoms with van der Waals surface area (Å²) in [5, 5.41) is 0. The number of carbonyl (C=O) groups is 1. The summed E-state index contributed by atoms with van der Waals surface area (Å²) in [7, 11) is 0. The summed E-state index contributed by atoms with van der Waals surface area (Å²) < 4.78 is 2.00. The zero-order valence-corrected chi connectivity index (χ0v) is 14.7. The van der Waals surface area contributed by atoms with Crippen LogP contribution in [0.15, 0.2) is 73.3 Å². The molecule has 1 aliphatic heterocycles. The Kier molecular flexibility index (Phi) is 4.80. The second-order valence-electron chi connectivity index (χ2n) is 6.57. The van der Waals surface area contributed by atoms with Gasteiger partial charge in [-0.15, -0.1) is 0 Å². The van der Waals surface area contributed by atoms with E-state index in [1.807, 2.05) is 46.0 Å². The van der Waals surface area contributed by atoms with E-state index in [1.54, 1.807) is 12.5 Å². The minimum Gasteiger partial charge on any atom is -0.336 e. The van der Waals surface area contributed by atoms with Crippen LogP contribution in [0.3, 0.4) is 0 Å². The predicted molar refractivity (Wildman–Crippen MR) is 101 cm³/mol. The van der Waals surface area contributed by atoms with Gasteiger partial charge in [0.1, 0.15) is 0 Å². The lowest BCUT2D eigenvalue weighted by atomic mass is 10.1. The first-order valence-electron chi connectivity index (χ1n) is 8.93. The Morgan fingerprint density at radius 3 is 2.31 bits per heavy atom. The molecule has 4 rings (SSSR count). The van der Waals surface area contributed by atoms with E-state index in [0.29, 0.717) is 0 Å². The maximum absolute atomic E-state index is 12.5. The standard InChI is InChI=1S/C21H22N4O/c26-21(19-4-2-1-3-5-19)24-14-12-23(13-15-24)16-18-6-8-20(9-7-18)25-11-10-22-17-25/h1-11,17H,12-16H2. The molecular formula is C21H22N4O. The highest BCUT2D eigenvalue weighted by Crippen LogP contribution is 2.14. The van der Waals surface area contributed by atoms with Gasteiger partial charge >= 0.3 is 0 Å². The molecule has 0 aliphatic carbocycles. The summed E-state index contributed by atoms with van der Waals surface area (Å²) in [4.78, 5) is 21.0. The number of nitrogens with zero attached hydrogens (tertiary/aromatic N) is 4. The smallest absolute Gasteiger partial charge is 0.253 e. The third kappa shape index (κ3) is 3.68. The van der Waals surface area contributed by atoms with Gasteiger partial charge in [0.2, 0.25) is 0 Å². The number of imidazole rings is 1. The minimum atomic E-state index is 0.134. The van der Waals surface area contributed by atoms with Crippen LogP contribution in [0.4, 0.5) is 0 Å². The second-order valence-corrected chi connectivity index (χ2v) is 6.57. The fourth-order valence-electron chi connectivity index (χ4n) is 3.32. The number of hydrogen-bond acceptors (Lipinski definition) is 3. The fraction of sp³-hybridized carbons (Fsp3) is 0.238. The van der Waals surface area contributed by atoms with Crippen molar-refractivity contribution in [3.05, 3.63) is 84.4 Å². The number of piperazine rings is 1. The van der Waals surface area contributed by atoms with Gasteiger partial charge in [-0.1, -0.05) is 30.3 Å². The lowest BCUT2D eigenvalue weighted by Crippen LogP contribution is -2.48. The van der Waals surface area contributed by atoms with Gasteiger partial charge in [0, 0.05) is 56.4 Å². The molecule has 1 aromatic heterocycles. The number of rotatable bonds is 4. The van der Waals surface area contributed by atoms with Crippen LogP contribution >= 0.6 is 0 Å². The topological polar surface area (TPSA) is 41.4 Å². The molecule has 3 aromatic rings. The third-order valence-corrected chi connectivity index (χ3v) is 4.83. The van der Waals surface area contributed by atoms with Gasteiger partial charge < -0.3 is 9.47 Å². The van der Waals surface area contributed by atoms with E-state index < -0.39 is 0 Å². The van der Waals surface area contributed by atoms with Crippen LogP contribution in [0, 0.1) is 0 Å². The second kappa shape index (κ2) is 7.54. The first-order valence-corrected chi connectivity index (χ1v) is 8.93. The van der Waals surface area contributed by atoms with E-state index in [9.17, 15) is 4.79 Å². The number of aromatic nitrogens is 2. The third-order valence-electron chi connectivity index (χ3n) is 4.83. The van der Waals surface area contributed by atoms with Gasteiger partial charge in [-0.05, 0) is 29.8 Å². The van der Waals surface area contributed by atoms with Crippen LogP contribution in [-0.2, 0) is 6.54 Å². The van der Waals surface area contributed by atoms with Gasteiger partial charge in [-0.3, -0.25) is 9.69 Å². The average molecular weight is 346 g/mol. The van der Waals surface area contributed by atoms with Crippen LogP contribution in [-0.4, -0.2) is 51.4 Å². The normalized spacial score (nSPS) is 15.2. The molecule has 5 nitrogen and oxygen atoms in total. The molecule has 1 aliphatic rings. The predicted octanol–water partition coefficient (Wildman–Crippen LogP) is 2.83. The summed E-state index contributed by atoms with van der Waals surface area (Å²) in [6.45, 7) is 4.28. The molecule has 1 saturated heterocycles. The molecule has 0 bridgehead atoms. The van der Waals surface area contributed by atoms with Gasteiger partial charge in [0.15, 0.2) is 0 Å². The molecule has 0 saturated carbocycles. The molecule has 0 N–H and O–H groups in total. The molecule has 0 radical (unpaired) electrons. The molecule has 2 heterocycles. The number of hydrogen-bond donors (Lipinski definition) is 0. The van der Waals surface area contributed by atoms with Crippen molar-refractivity contribution in [1.82, 2.24) is 19.4 Å². The first-order chi connectivity index (χ1) is 12.8. The summed E-state index contributed by atoms with van der Waals surface area (Å²) in [6.07, 6.45) is 5.53. The first kappa shape index (κ1) is 16.5. The number of carbonyl (C=O) groups excluding carboxylic acids is 1. The Bertz CT molecular complexity index is 835. The van der Waals surface area contributed by atoms with Crippen LogP contribution in [0.5, 0.6) is 0 Å². The molecule has 0 unspecified atom stereocenters. The Labute approximate surface area is 153 Å². The maximum atomic E-state index is 12.5. The minimum absolute atomic E-state index is 0.134. The van der Waals surface area contributed by atoms with Crippen LogP contribution in [0.1, 0.15) is 15.9 Å². The van der Waals surface area contributed by atoms with Crippen LogP contribution < -0.4 is 0 Å². The molecule has 2 aromatic carbocycles. The van der Waals surface area contributed by atoms with E-state index in [4.69, 9.17) is 0 Å². The van der Waals surface area contributed by atoms with Gasteiger partial charge in [-0.2, -0.15) is 0 Å². The van der Waals surface area contributed by atoms with Crippen molar-refractivity contribution in [1.29, 1.82) is 0 Å². The Morgan fingerprint density at radius 2 is 1.65 bits per heavy atom. The Morgan fingerprint density at radius 1 is 0.923 bits per heavy atom. The highest BCUT2D eigenvalue weighted by atomic mass is 16.2. The molecule has 132 valence electrons. The molecule has 26 heavy (non-hydrogen) atoms. The summed E-state index contributed by atoms with van der Waals surface area (Å²) in [6, 6.07) is 18.1. The van der Waals surface area contributed by atoms with Crippen molar-refractivity contribution in [2.24, 2.45) is 0 Å². The van der Waals surface area contributed by atoms with E-state index in [0.717, 1.165) is 44.0 Å². The molecular weight excluding hydrogens is 324 g/mol. The lowest BCUT2D eigenvalue weighted by Gasteiger charge is -2.34. The Hall–Kier alpha value is -2.92. The summed E-state index contributed by atoms with van der Waals surface area (Å²) in [5.41, 5.74) is 3.18. The van der Waals surface area contributed by atoms with Crippen molar-refractivity contribution in [3.8, 4) is 5.69 Å². The summed E-state index contributed by atoms with van der Waals surface area (Å²) in [5.74, 6) is 0.134. The zero-order chi connectivity index (χ0) is 17.8. The van der Waals surface area contributed by atoms with Crippen LogP contribution in [0.25, 0.3) is 5.69 Å². The van der Waals surface area contributed by atoms with Crippen molar-refractivity contribution in [2.75, 3.05) is 26.2 Å². The quantitative estimate of drug-likeness (QED) is 0.729. The maximum Gasteiger partial charge on any atom is 0.253 e. The summed E-state index contributed by atoms with van der Waals surface area (Å²) >= 11 is 0. The average Bonchev–Trinajstić information content (AvgIpc) is 3.24. The monoisotopic (exact) mass is 346 g/mol. The van der Waals surface area contributed by atoms with Crippen molar-refractivity contribution in [3.63, 3.8) is 0 Å². The van der Waals surface area contributed by atoms with Gasteiger partial charge in [0.05, 0.1) is 6.33 Å². The van der Waals surface area contributed by atoms with Crippen molar-refractivity contribution >= 4 is 5.91 Å². The number of amides is 1. The lowest BCUT2D eigenvalue weighted by molar-refractivity contribution is 0.0628. The molecule has 0 atom stereocenters. The van der Waals surface area contributed by atoms with E-state index in [-0.39, 0.29) is 5.91 Å². The van der Waals surface area contributed by atoms with Gasteiger partial charge in [-0.25, -0.2) is 4.98 Å². The SMILES string of the molecule is O=C(c1ccccc1)N1CCN(Cc2ccc(-n3ccnc3)cc2)CC1. The fourth-order valence-corrected chi connectivity index (χ4v) is 3.32. The molecule has 0 spiro atoms. The van der Waals surface area contributed by atoms with E-state index in [2.05, 4.69) is 34.1 Å². The highest BCUT2D eigenvalue weighted by Gasteiger charge is 2.21. The largest absolute Gasteiger partial charge is 0.336 e. The van der Waals surface area contributed by atoms with Crippen molar-refractivity contribution in [2.45, 2.75) is 6.54 Å². The molecule has 5 heteroatoms. The van der Waals surface area contributed by atoms with Crippen LogP contribution in [0.2, 0.25) is 0 Å². The Balaban J connectivity index is 1.32. The van der Waals surface area contributed by atoms with E-state index >= 15 is 0 Å². The molecule has 1 amide bonds. The molecule has 1 fully saturated rings. The highest BCUT2D eigenvalue weighted by molar-refractivity contribution is 5.94. The number of benzene rings is 2. The zero-order valence-electron chi connectivity index (χ0n) is 14.7.